The van der Waals surface area contributed by atoms with Crippen molar-refractivity contribution in [2.45, 2.75) is 77.6 Å². The average Bonchev–Trinajstić information content (AvgIpc) is 2.71. The van der Waals surface area contributed by atoms with Crippen molar-refractivity contribution >= 4 is 17.6 Å². The van der Waals surface area contributed by atoms with Gasteiger partial charge in [0, 0.05) is 50.2 Å². The molecule has 1 saturated carbocycles. The van der Waals surface area contributed by atoms with Crippen molar-refractivity contribution in [3.63, 3.8) is 0 Å². The number of aromatic nitrogens is 2. The fourth-order valence-electron chi connectivity index (χ4n) is 5.05. The summed E-state index contributed by atoms with van der Waals surface area (Å²) in [7, 11) is 0. The van der Waals surface area contributed by atoms with Gasteiger partial charge < -0.3 is 4.90 Å². The lowest BCUT2D eigenvalue weighted by atomic mass is 9.88. The third-order valence-electron chi connectivity index (χ3n) is 6.83. The summed E-state index contributed by atoms with van der Waals surface area (Å²) in [4.78, 5) is 38.0. The molecule has 3 aliphatic rings. The van der Waals surface area contributed by atoms with E-state index in [4.69, 9.17) is 9.97 Å². The van der Waals surface area contributed by atoms with Crippen molar-refractivity contribution in [2.24, 2.45) is 5.92 Å². The number of carbonyl (C=O) groups is 2. The summed E-state index contributed by atoms with van der Waals surface area (Å²) in [5.41, 5.74) is 2.18. The van der Waals surface area contributed by atoms with E-state index in [1.54, 1.807) is 6.92 Å². The molecule has 1 aliphatic carbocycles. The molecule has 2 amide bonds. The molecule has 6 heteroatoms. The lowest BCUT2D eigenvalue weighted by Crippen LogP contribution is -2.41. The summed E-state index contributed by atoms with van der Waals surface area (Å²) in [6, 6.07) is 0. The molecule has 0 unspecified atom stereocenters. The first kappa shape index (κ1) is 19.3. The van der Waals surface area contributed by atoms with Crippen LogP contribution in [0.5, 0.6) is 0 Å². The third-order valence-corrected chi connectivity index (χ3v) is 6.83. The van der Waals surface area contributed by atoms with Crippen LogP contribution in [0.3, 0.4) is 0 Å². The molecule has 0 N–H and O–H groups in total. The monoisotopic (exact) mass is 384 g/mol. The first-order valence-electron chi connectivity index (χ1n) is 11.0. The van der Waals surface area contributed by atoms with Gasteiger partial charge in [0.1, 0.15) is 11.6 Å². The molecule has 2 aliphatic heterocycles. The second kappa shape index (κ2) is 8.18. The summed E-state index contributed by atoms with van der Waals surface area (Å²) >= 11 is 0. The molecule has 1 aromatic heterocycles. The number of piperidine rings is 1. The van der Waals surface area contributed by atoms with Crippen LogP contribution >= 0.6 is 0 Å². The van der Waals surface area contributed by atoms with Crippen LogP contribution in [0.15, 0.2) is 0 Å². The van der Waals surface area contributed by atoms with E-state index in [2.05, 4.69) is 6.92 Å². The highest BCUT2D eigenvalue weighted by Gasteiger charge is 2.32. The number of likely N-dealkylation sites (tertiary alicyclic amines) is 1. The molecule has 28 heavy (non-hydrogen) atoms. The summed E-state index contributed by atoms with van der Waals surface area (Å²) in [6.45, 7) is 6.04. The Balaban J connectivity index is 1.57. The standard InChI is InChI=1S/C22H32N4O2/c1-15-19-8-9-20(28)26(14-17-6-4-3-5-7-17)22(19)24-21(23-15)18-10-12-25(13-11-18)16(2)27/h17-18H,3-14H2,1-2H3. The normalized spacial score (nSPS) is 21.7. The Hall–Kier alpha value is -1.98. The summed E-state index contributed by atoms with van der Waals surface area (Å²) in [5, 5.41) is 0. The van der Waals surface area contributed by atoms with E-state index >= 15 is 0 Å². The van der Waals surface area contributed by atoms with Crippen LogP contribution in [0, 0.1) is 12.8 Å². The first-order chi connectivity index (χ1) is 13.5. The number of amides is 2. The van der Waals surface area contributed by atoms with Gasteiger partial charge in [-0.15, -0.1) is 0 Å². The zero-order valence-corrected chi connectivity index (χ0v) is 17.2. The lowest BCUT2D eigenvalue weighted by Gasteiger charge is -2.35. The topological polar surface area (TPSA) is 66.4 Å². The fraction of sp³-hybridized carbons (Fsp3) is 0.727. The Morgan fingerprint density at radius 3 is 2.43 bits per heavy atom. The molecule has 4 rings (SSSR count). The predicted octanol–water partition coefficient (Wildman–Crippen LogP) is 3.37. The average molecular weight is 385 g/mol. The smallest absolute Gasteiger partial charge is 0.228 e. The van der Waals surface area contributed by atoms with E-state index in [1.165, 1.54) is 32.1 Å². The zero-order chi connectivity index (χ0) is 19.7. The Bertz CT molecular complexity index is 749. The number of anilines is 1. The Labute approximate surface area is 167 Å². The maximum atomic E-state index is 12.8. The highest BCUT2D eigenvalue weighted by molar-refractivity contribution is 5.95. The number of rotatable bonds is 3. The quantitative estimate of drug-likeness (QED) is 0.801. The molecule has 0 aromatic carbocycles. The highest BCUT2D eigenvalue weighted by Crippen LogP contribution is 2.34. The Kier molecular flexibility index (Phi) is 5.65. The second-order valence-corrected chi connectivity index (χ2v) is 8.76. The Morgan fingerprint density at radius 2 is 1.75 bits per heavy atom. The maximum absolute atomic E-state index is 12.8. The molecule has 2 fully saturated rings. The molecule has 1 saturated heterocycles. The third kappa shape index (κ3) is 3.91. The summed E-state index contributed by atoms with van der Waals surface area (Å²) in [5.74, 6) is 2.97. The predicted molar refractivity (Wildman–Crippen MR) is 108 cm³/mol. The van der Waals surface area contributed by atoms with Gasteiger partial charge in [-0.3, -0.25) is 14.5 Å². The number of nitrogens with zero attached hydrogens (tertiary/aromatic N) is 4. The molecule has 152 valence electrons. The van der Waals surface area contributed by atoms with Crippen LogP contribution in [0.4, 0.5) is 5.82 Å². The minimum absolute atomic E-state index is 0.144. The molecule has 6 nitrogen and oxygen atoms in total. The molecular weight excluding hydrogens is 352 g/mol. The Morgan fingerprint density at radius 1 is 1.04 bits per heavy atom. The van der Waals surface area contributed by atoms with Crippen LogP contribution in [-0.4, -0.2) is 46.3 Å². The van der Waals surface area contributed by atoms with Crippen molar-refractivity contribution in [3.05, 3.63) is 17.1 Å². The van der Waals surface area contributed by atoms with Gasteiger partial charge in [-0.05, 0) is 44.9 Å². The van der Waals surface area contributed by atoms with Crippen LogP contribution in [-0.2, 0) is 16.0 Å². The van der Waals surface area contributed by atoms with Crippen LogP contribution in [0.25, 0.3) is 0 Å². The minimum Gasteiger partial charge on any atom is -0.343 e. The number of hydrogen-bond acceptors (Lipinski definition) is 4. The van der Waals surface area contributed by atoms with Gasteiger partial charge >= 0.3 is 0 Å². The van der Waals surface area contributed by atoms with E-state index in [1.807, 2.05) is 9.80 Å². The van der Waals surface area contributed by atoms with Crippen LogP contribution in [0.2, 0.25) is 0 Å². The van der Waals surface area contributed by atoms with Gasteiger partial charge in [0.05, 0.1) is 0 Å². The van der Waals surface area contributed by atoms with Gasteiger partial charge in [-0.2, -0.15) is 0 Å². The van der Waals surface area contributed by atoms with E-state index < -0.39 is 0 Å². The van der Waals surface area contributed by atoms with Gasteiger partial charge in [0.15, 0.2) is 0 Å². The molecule has 0 spiro atoms. The van der Waals surface area contributed by atoms with Crippen molar-refractivity contribution in [1.82, 2.24) is 14.9 Å². The second-order valence-electron chi connectivity index (χ2n) is 8.76. The molecule has 3 heterocycles. The van der Waals surface area contributed by atoms with E-state index in [-0.39, 0.29) is 17.7 Å². The van der Waals surface area contributed by atoms with Crippen molar-refractivity contribution in [2.75, 3.05) is 24.5 Å². The van der Waals surface area contributed by atoms with Crippen molar-refractivity contribution in [1.29, 1.82) is 0 Å². The van der Waals surface area contributed by atoms with Gasteiger partial charge in [0.25, 0.3) is 0 Å². The highest BCUT2D eigenvalue weighted by atomic mass is 16.2. The van der Waals surface area contributed by atoms with Gasteiger partial charge in [0.2, 0.25) is 11.8 Å². The summed E-state index contributed by atoms with van der Waals surface area (Å²) in [6.07, 6.45) is 9.45. The van der Waals surface area contributed by atoms with Crippen molar-refractivity contribution < 1.29 is 9.59 Å². The van der Waals surface area contributed by atoms with Gasteiger partial charge in [-0.25, -0.2) is 9.97 Å². The van der Waals surface area contributed by atoms with Gasteiger partial charge in [-0.1, -0.05) is 19.3 Å². The largest absolute Gasteiger partial charge is 0.343 e. The molecule has 0 radical (unpaired) electrons. The fourth-order valence-corrected chi connectivity index (χ4v) is 5.05. The number of carbonyl (C=O) groups excluding carboxylic acids is 2. The van der Waals surface area contributed by atoms with Crippen LogP contribution in [0.1, 0.15) is 81.3 Å². The first-order valence-corrected chi connectivity index (χ1v) is 11.0. The number of fused-ring (bicyclic) bond motifs is 1. The molecule has 1 aromatic rings. The minimum atomic E-state index is 0.144. The molecular formula is C22H32N4O2. The number of hydrogen-bond donors (Lipinski definition) is 0. The SMILES string of the molecule is CC(=O)N1CCC(c2nc(C)c3c(n2)N(CC2CCCCC2)C(=O)CC3)CC1. The maximum Gasteiger partial charge on any atom is 0.228 e. The van der Waals surface area contributed by atoms with E-state index in [0.717, 1.165) is 61.8 Å². The van der Waals surface area contributed by atoms with E-state index in [9.17, 15) is 9.59 Å². The number of aryl methyl sites for hydroxylation is 1. The van der Waals surface area contributed by atoms with E-state index in [0.29, 0.717) is 12.3 Å². The zero-order valence-electron chi connectivity index (χ0n) is 17.2. The lowest BCUT2D eigenvalue weighted by molar-refractivity contribution is -0.129. The van der Waals surface area contributed by atoms with Crippen molar-refractivity contribution in [3.8, 4) is 0 Å². The molecule has 0 atom stereocenters. The van der Waals surface area contributed by atoms with Crippen LogP contribution < -0.4 is 4.90 Å². The summed E-state index contributed by atoms with van der Waals surface area (Å²) < 4.78 is 0. The molecule has 0 bridgehead atoms.